The van der Waals surface area contributed by atoms with Gasteiger partial charge in [0.25, 0.3) is 0 Å². The monoisotopic (exact) mass is 428 g/mol. The maximum atomic E-state index is 13.2. The van der Waals surface area contributed by atoms with Crippen LogP contribution in [0.1, 0.15) is 16.8 Å². The molecule has 4 aliphatic carbocycles. The van der Waals surface area contributed by atoms with Crippen molar-refractivity contribution in [1.82, 2.24) is 0 Å². The molecule has 5 aliphatic rings. The van der Waals surface area contributed by atoms with Crippen molar-refractivity contribution in [2.45, 2.75) is 6.42 Å². The molecule has 0 spiro atoms. The van der Waals surface area contributed by atoms with Gasteiger partial charge in [-0.05, 0) is 78.6 Å². The van der Waals surface area contributed by atoms with Crippen LogP contribution < -0.4 is 15.0 Å². The molecule has 2 aromatic rings. The molecule has 32 heavy (non-hydrogen) atoms. The first kappa shape index (κ1) is 19.3. The Hall–Kier alpha value is -3.41. The number of benzene rings is 2. The van der Waals surface area contributed by atoms with E-state index in [-0.39, 0.29) is 47.8 Å². The van der Waals surface area contributed by atoms with E-state index in [0.717, 1.165) is 12.1 Å². The Balaban J connectivity index is 1.14. The number of rotatable bonds is 6. The molecule has 1 N–H and O–H groups in total. The van der Waals surface area contributed by atoms with Crippen LogP contribution in [0.4, 0.5) is 11.4 Å². The number of imide groups is 1. The second-order valence-corrected chi connectivity index (χ2v) is 9.22. The second-order valence-electron chi connectivity index (χ2n) is 9.22. The highest BCUT2D eigenvalue weighted by Crippen LogP contribution is 2.65. The summed E-state index contributed by atoms with van der Waals surface area (Å²) in [6.07, 6.45) is 5.52. The lowest BCUT2D eigenvalue weighted by Gasteiger charge is -2.37. The van der Waals surface area contributed by atoms with Gasteiger partial charge in [0.15, 0.2) is 5.78 Å². The molecule has 6 nitrogen and oxygen atoms in total. The molecule has 2 bridgehead atoms. The maximum absolute atomic E-state index is 13.2. The molecule has 0 unspecified atom stereocenters. The lowest BCUT2D eigenvalue weighted by atomic mass is 9.63. The predicted octanol–water partition coefficient (Wildman–Crippen LogP) is 3.55. The number of ketones is 1. The van der Waals surface area contributed by atoms with E-state index in [1.54, 1.807) is 43.5 Å². The van der Waals surface area contributed by atoms with Gasteiger partial charge in [-0.1, -0.05) is 12.2 Å². The van der Waals surface area contributed by atoms with E-state index < -0.39 is 0 Å². The van der Waals surface area contributed by atoms with Gasteiger partial charge >= 0.3 is 0 Å². The predicted molar refractivity (Wildman–Crippen MR) is 119 cm³/mol. The number of carbonyl (C=O) groups excluding carboxylic acids is 3. The molecular weight excluding hydrogens is 404 g/mol. The highest BCUT2D eigenvalue weighted by molar-refractivity contribution is 6.22. The molecule has 2 amide bonds. The van der Waals surface area contributed by atoms with Gasteiger partial charge in [0.2, 0.25) is 11.8 Å². The average Bonchev–Trinajstić information content (AvgIpc) is 3.61. The molecule has 1 saturated heterocycles. The zero-order valence-corrected chi connectivity index (χ0v) is 17.7. The second kappa shape index (κ2) is 7.05. The molecule has 6 heteroatoms. The summed E-state index contributed by atoms with van der Waals surface area (Å²) >= 11 is 0. The summed E-state index contributed by atoms with van der Waals surface area (Å²) in [6.45, 7) is 0.148. The molecule has 162 valence electrons. The van der Waals surface area contributed by atoms with Crippen LogP contribution in [0.3, 0.4) is 0 Å². The summed E-state index contributed by atoms with van der Waals surface area (Å²) in [6, 6.07) is 14.2. The van der Waals surface area contributed by atoms with Gasteiger partial charge in [-0.2, -0.15) is 0 Å². The van der Waals surface area contributed by atoms with Gasteiger partial charge in [0, 0.05) is 11.3 Å². The standard InChI is InChI=1S/C26H24N2O4/c1-32-17-8-2-14(3-9-17)22(29)13-27-15-4-6-16(7-5-15)28-25(30)23-18-10-11-19(21-12-20(18)21)24(23)26(28)31/h2-11,18-21,23-24,27H,12-13H2,1H3/t18-,19+,20+,21-,23-,24+. The number of ether oxygens (including phenoxy) is 1. The van der Waals surface area contributed by atoms with E-state index in [4.69, 9.17) is 4.74 Å². The van der Waals surface area contributed by atoms with Gasteiger partial charge in [0.1, 0.15) is 5.75 Å². The minimum atomic E-state index is -0.193. The lowest BCUT2D eigenvalue weighted by molar-refractivity contribution is -0.124. The van der Waals surface area contributed by atoms with Crippen LogP contribution >= 0.6 is 0 Å². The number of hydrogen-bond acceptors (Lipinski definition) is 5. The third-order valence-electron chi connectivity index (χ3n) is 7.65. The first-order valence-corrected chi connectivity index (χ1v) is 11.1. The van der Waals surface area contributed by atoms with E-state index >= 15 is 0 Å². The van der Waals surface area contributed by atoms with Crippen LogP contribution in [-0.2, 0) is 9.59 Å². The third kappa shape index (κ3) is 2.82. The number of allylic oxidation sites excluding steroid dienone is 2. The van der Waals surface area contributed by atoms with Gasteiger partial charge in [-0.15, -0.1) is 0 Å². The van der Waals surface area contributed by atoms with Crippen molar-refractivity contribution in [2.75, 3.05) is 23.9 Å². The van der Waals surface area contributed by atoms with Gasteiger partial charge < -0.3 is 10.1 Å². The summed E-state index contributed by atoms with van der Waals surface area (Å²) in [5.74, 6) is 1.81. The first-order valence-electron chi connectivity index (χ1n) is 11.1. The Kier molecular flexibility index (Phi) is 4.25. The number of Topliss-reactive ketones (excluding diaryl/α,β-unsaturated/α-hetero) is 1. The first-order chi connectivity index (χ1) is 15.6. The van der Waals surface area contributed by atoms with Crippen molar-refractivity contribution in [3.63, 3.8) is 0 Å². The number of carbonyl (C=O) groups is 3. The molecule has 7 rings (SSSR count). The van der Waals surface area contributed by atoms with Crippen LogP contribution in [0.25, 0.3) is 0 Å². The summed E-state index contributed by atoms with van der Waals surface area (Å²) in [5.41, 5.74) is 1.97. The van der Waals surface area contributed by atoms with Crippen molar-refractivity contribution >= 4 is 29.0 Å². The highest BCUT2D eigenvalue weighted by Gasteiger charge is 2.67. The maximum Gasteiger partial charge on any atom is 0.238 e. The molecule has 2 saturated carbocycles. The minimum Gasteiger partial charge on any atom is -0.497 e. The molecule has 0 aromatic heterocycles. The quantitative estimate of drug-likeness (QED) is 0.433. The average molecular weight is 428 g/mol. The van der Waals surface area contributed by atoms with Crippen LogP contribution in [0, 0.1) is 35.5 Å². The normalized spacial score (nSPS) is 31.3. The summed E-state index contributed by atoms with van der Waals surface area (Å²) in [4.78, 5) is 40.2. The van der Waals surface area contributed by atoms with Crippen molar-refractivity contribution in [3.8, 4) is 5.75 Å². The summed E-state index contributed by atoms with van der Waals surface area (Å²) < 4.78 is 5.12. The Morgan fingerprint density at radius 1 is 0.938 bits per heavy atom. The van der Waals surface area contributed by atoms with Gasteiger partial charge in [-0.25, -0.2) is 0 Å². The van der Waals surface area contributed by atoms with E-state index in [1.807, 2.05) is 12.1 Å². The van der Waals surface area contributed by atoms with Crippen molar-refractivity contribution < 1.29 is 19.1 Å². The molecular formula is C26H24N2O4. The van der Waals surface area contributed by atoms with Crippen molar-refractivity contribution in [3.05, 3.63) is 66.2 Å². The van der Waals surface area contributed by atoms with E-state index in [9.17, 15) is 14.4 Å². The fourth-order valence-electron chi connectivity index (χ4n) is 6.00. The fraction of sp³-hybridized carbons (Fsp3) is 0.346. The largest absolute Gasteiger partial charge is 0.497 e. The zero-order chi connectivity index (χ0) is 22.0. The smallest absolute Gasteiger partial charge is 0.238 e. The number of anilines is 2. The lowest BCUT2D eigenvalue weighted by Crippen LogP contribution is -2.40. The molecule has 2 aromatic carbocycles. The SMILES string of the molecule is COc1ccc(C(=O)CNc2ccc(N3C(=O)[C@@H]4[C@@H]5C=C[C@@H]([C@H]6C[C@@H]56)[C@@H]4C3=O)cc2)cc1. The highest BCUT2D eigenvalue weighted by atomic mass is 16.5. The molecule has 6 atom stereocenters. The molecule has 0 radical (unpaired) electrons. The summed E-state index contributed by atoms with van der Waals surface area (Å²) in [7, 11) is 1.59. The Morgan fingerprint density at radius 3 is 2.09 bits per heavy atom. The minimum absolute atomic E-state index is 0.0350. The van der Waals surface area contributed by atoms with E-state index in [1.165, 1.54) is 4.90 Å². The number of methoxy groups -OCH3 is 1. The topological polar surface area (TPSA) is 75.7 Å². The van der Waals surface area contributed by atoms with Gasteiger partial charge in [-0.3, -0.25) is 19.3 Å². The molecule has 3 fully saturated rings. The van der Waals surface area contributed by atoms with E-state index in [2.05, 4.69) is 17.5 Å². The Morgan fingerprint density at radius 2 is 1.53 bits per heavy atom. The zero-order valence-electron chi connectivity index (χ0n) is 17.7. The van der Waals surface area contributed by atoms with Crippen LogP contribution in [0.2, 0.25) is 0 Å². The Bertz CT molecular complexity index is 1100. The number of nitrogens with one attached hydrogen (secondary N) is 1. The molecule has 1 heterocycles. The summed E-state index contributed by atoms with van der Waals surface area (Å²) in [5, 5.41) is 3.12. The Labute approximate surface area is 186 Å². The third-order valence-corrected chi connectivity index (χ3v) is 7.65. The van der Waals surface area contributed by atoms with Gasteiger partial charge in [0.05, 0.1) is 31.2 Å². The van der Waals surface area contributed by atoms with Crippen LogP contribution in [0.5, 0.6) is 5.75 Å². The number of hydrogen-bond donors (Lipinski definition) is 1. The fourth-order valence-corrected chi connectivity index (χ4v) is 6.00. The number of nitrogens with zero attached hydrogens (tertiary/aromatic N) is 1. The number of amides is 2. The van der Waals surface area contributed by atoms with E-state index in [0.29, 0.717) is 28.8 Å². The van der Waals surface area contributed by atoms with Crippen molar-refractivity contribution in [1.29, 1.82) is 0 Å². The van der Waals surface area contributed by atoms with Crippen LogP contribution in [-0.4, -0.2) is 31.3 Å². The van der Waals surface area contributed by atoms with Crippen molar-refractivity contribution in [2.24, 2.45) is 35.5 Å². The van der Waals surface area contributed by atoms with Crippen LogP contribution in [0.15, 0.2) is 60.7 Å². The molecule has 1 aliphatic heterocycles.